The van der Waals surface area contributed by atoms with Crippen molar-refractivity contribution in [2.75, 3.05) is 32.9 Å². The fraction of sp³-hybridized carbons (Fsp3) is 0.538. The van der Waals surface area contributed by atoms with E-state index in [1.165, 1.54) is 32.3 Å². The van der Waals surface area contributed by atoms with E-state index in [0.29, 0.717) is 0 Å². The first-order chi connectivity index (χ1) is 10.2. The Hall–Kier alpha value is -1.03. The van der Waals surface area contributed by atoms with Gasteiger partial charge in [-0.25, -0.2) is 12.8 Å². The molecule has 1 aromatic rings. The van der Waals surface area contributed by atoms with Gasteiger partial charge in [-0.05, 0) is 12.5 Å². The molecule has 1 aliphatic rings. The second-order valence-corrected chi connectivity index (χ2v) is 9.80. The maximum atomic E-state index is 13.9. The van der Waals surface area contributed by atoms with Crippen LogP contribution in [0.1, 0.15) is 17.2 Å². The van der Waals surface area contributed by atoms with Crippen LogP contribution in [0, 0.1) is 5.82 Å². The van der Waals surface area contributed by atoms with Gasteiger partial charge in [-0.1, -0.05) is 18.2 Å². The van der Waals surface area contributed by atoms with E-state index in [9.17, 15) is 21.2 Å². The second kappa shape index (κ2) is 6.23. The normalized spacial score (nSPS) is 23.4. The summed E-state index contributed by atoms with van der Waals surface area (Å²) in [6, 6.07) is 5.72. The van der Waals surface area contributed by atoms with Crippen LogP contribution in [-0.2, 0) is 20.0 Å². The molecule has 0 aromatic heterocycles. The van der Waals surface area contributed by atoms with Crippen molar-refractivity contribution in [2.45, 2.75) is 11.7 Å². The van der Waals surface area contributed by atoms with Crippen molar-refractivity contribution in [3.63, 3.8) is 0 Å². The molecule has 1 aliphatic heterocycles. The lowest BCUT2D eigenvalue weighted by Crippen LogP contribution is -2.41. The van der Waals surface area contributed by atoms with Gasteiger partial charge in [0, 0.05) is 32.7 Å². The van der Waals surface area contributed by atoms with E-state index < -0.39 is 31.1 Å². The van der Waals surface area contributed by atoms with Crippen molar-refractivity contribution >= 4 is 20.0 Å². The predicted molar refractivity (Wildman–Crippen MR) is 81.7 cm³/mol. The highest BCUT2D eigenvalue weighted by Gasteiger charge is 2.36. The predicted octanol–water partition coefficient (Wildman–Crippen LogP) is 0.794. The molecule has 0 amide bonds. The molecule has 0 aliphatic carbocycles. The third kappa shape index (κ3) is 3.32. The minimum absolute atomic E-state index is 0.0380. The van der Waals surface area contributed by atoms with Gasteiger partial charge in [0.25, 0.3) is 10.2 Å². The van der Waals surface area contributed by atoms with Crippen LogP contribution in [0.15, 0.2) is 24.3 Å². The fourth-order valence-electron chi connectivity index (χ4n) is 2.47. The Bertz CT molecular complexity index is 747. The SMILES string of the molecule is CN(C)S(=O)(=O)N1CCC(c2ccccc2F)S(=O)(=O)CC1. The van der Waals surface area contributed by atoms with Gasteiger partial charge in [-0.15, -0.1) is 0 Å². The molecule has 6 nitrogen and oxygen atoms in total. The molecule has 1 heterocycles. The highest BCUT2D eigenvalue weighted by Crippen LogP contribution is 2.31. The van der Waals surface area contributed by atoms with E-state index in [4.69, 9.17) is 0 Å². The molecule has 1 unspecified atom stereocenters. The minimum atomic E-state index is -3.68. The van der Waals surface area contributed by atoms with Crippen molar-refractivity contribution in [1.29, 1.82) is 0 Å². The number of benzene rings is 1. The van der Waals surface area contributed by atoms with Crippen LogP contribution in [-0.4, -0.2) is 58.4 Å². The zero-order chi connectivity index (χ0) is 16.5. The van der Waals surface area contributed by atoms with Crippen LogP contribution in [0.5, 0.6) is 0 Å². The molecular weight excluding hydrogens is 331 g/mol. The maximum Gasteiger partial charge on any atom is 0.281 e. The quantitative estimate of drug-likeness (QED) is 0.808. The van der Waals surface area contributed by atoms with E-state index in [1.54, 1.807) is 6.07 Å². The van der Waals surface area contributed by atoms with Gasteiger partial charge >= 0.3 is 0 Å². The van der Waals surface area contributed by atoms with Gasteiger partial charge in [0.2, 0.25) is 0 Å². The number of nitrogens with zero attached hydrogens (tertiary/aromatic N) is 2. The first-order valence-electron chi connectivity index (χ1n) is 6.80. The molecular formula is C13H19FN2O4S2. The summed E-state index contributed by atoms with van der Waals surface area (Å²) in [6.07, 6.45) is 0.0380. The lowest BCUT2D eigenvalue weighted by Gasteiger charge is -2.23. The van der Waals surface area contributed by atoms with Gasteiger partial charge < -0.3 is 0 Å². The first kappa shape index (κ1) is 17.3. The molecule has 0 saturated carbocycles. The van der Waals surface area contributed by atoms with E-state index in [-0.39, 0.29) is 30.8 Å². The Morgan fingerprint density at radius 1 is 1.23 bits per heavy atom. The number of hydrogen-bond acceptors (Lipinski definition) is 4. The molecule has 2 rings (SSSR count). The number of hydrogen-bond donors (Lipinski definition) is 0. The Balaban J connectivity index is 2.35. The van der Waals surface area contributed by atoms with E-state index in [2.05, 4.69) is 0 Å². The average molecular weight is 350 g/mol. The molecule has 124 valence electrons. The lowest BCUT2D eigenvalue weighted by atomic mass is 10.1. The van der Waals surface area contributed by atoms with Crippen molar-refractivity contribution in [2.24, 2.45) is 0 Å². The molecule has 1 aromatic carbocycles. The summed E-state index contributed by atoms with van der Waals surface area (Å²) in [5.74, 6) is -0.904. The topological polar surface area (TPSA) is 74.8 Å². The number of halogens is 1. The Labute approximate surface area is 130 Å². The first-order valence-corrected chi connectivity index (χ1v) is 9.91. The van der Waals surface area contributed by atoms with Gasteiger partial charge in [-0.2, -0.15) is 17.0 Å². The highest BCUT2D eigenvalue weighted by molar-refractivity contribution is 7.91. The van der Waals surface area contributed by atoms with Crippen molar-refractivity contribution in [3.05, 3.63) is 35.6 Å². The molecule has 1 fully saturated rings. The zero-order valence-corrected chi connectivity index (χ0v) is 14.1. The number of sulfone groups is 1. The highest BCUT2D eigenvalue weighted by atomic mass is 32.2. The van der Waals surface area contributed by atoms with E-state index in [0.717, 1.165) is 8.61 Å². The second-order valence-electron chi connectivity index (χ2n) is 5.36. The summed E-state index contributed by atoms with van der Waals surface area (Å²) < 4.78 is 65.2. The van der Waals surface area contributed by atoms with Gasteiger partial charge in [0.15, 0.2) is 9.84 Å². The van der Waals surface area contributed by atoms with Crippen LogP contribution in [0.25, 0.3) is 0 Å². The van der Waals surface area contributed by atoms with E-state index in [1.807, 2.05) is 0 Å². The van der Waals surface area contributed by atoms with Crippen LogP contribution < -0.4 is 0 Å². The summed E-state index contributed by atoms with van der Waals surface area (Å²) in [5, 5.41) is -1.02. The monoisotopic (exact) mass is 350 g/mol. The minimum Gasteiger partial charge on any atom is -0.228 e. The third-order valence-electron chi connectivity index (χ3n) is 3.74. The third-order valence-corrected chi connectivity index (χ3v) is 7.79. The van der Waals surface area contributed by atoms with E-state index >= 15 is 0 Å². The summed E-state index contributed by atoms with van der Waals surface area (Å²) in [4.78, 5) is 0. The molecule has 0 spiro atoms. The largest absolute Gasteiger partial charge is 0.281 e. The fourth-order valence-corrected chi connectivity index (χ4v) is 5.51. The van der Waals surface area contributed by atoms with Gasteiger partial charge in [-0.3, -0.25) is 0 Å². The van der Waals surface area contributed by atoms with Gasteiger partial charge in [0.05, 0.1) is 11.0 Å². The molecule has 0 N–H and O–H groups in total. The van der Waals surface area contributed by atoms with Crippen LogP contribution >= 0.6 is 0 Å². The number of rotatable bonds is 3. The lowest BCUT2D eigenvalue weighted by molar-refractivity contribution is 0.387. The van der Waals surface area contributed by atoms with Crippen LogP contribution in [0.2, 0.25) is 0 Å². The van der Waals surface area contributed by atoms with Crippen LogP contribution in [0.4, 0.5) is 4.39 Å². The van der Waals surface area contributed by atoms with Crippen LogP contribution in [0.3, 0.4) is 0 Å². The summed E-state index contributed by atoms with van der Waals surface area (Å²) in [7, 11) is -4.52. The Morgan fingerprint density at radius 3 is 2.45 bits per heavy atom. The van der Waals surface area contributed by atoms with Gasteiger partial charge in [0.1, 0.15) is 5.82 Å². The molecule has 1 atom stereocenters. The molecule has 22 heavy (non-hydrogen) atoms. The van der Waals surface area contributed by atoms with Crippen molar-refractivity contribution < 1.29 is 21.2 Å². The standard InChI is InChI=1S/C13H19FN2O4S2/c1-15(2)22(19,20)16-8-7-13(21(17,18)10-9-16)11-5-3-4-6-12(11)14/h3-6,13H,7-10H2,1-2H3. The smallest absolute Gasteiger partial charge is 0.228 e. The van der Waals surface area contributed by atoms with Crippen molar-refractivity contribution in [1.82, 2.24) is 8.61 Å². The molecule has 1 saturated heterocycles. The average Bonchev–Trinajstić information content (AvgIpc) is 2.58. The van der Waals surface area contributed by atoms with Crippen molar-refractivity contribution in [3.8, 4) is 0 Å². The molecule has 0 bridgehead atoms. The summed E-state index contributed by atoms with van der Waals surface area (Å²) in [5.41, 5.74) is 0.103. The zero-order valence-electron chi connectivity index (χ0n) is 12.4. The Morgan fingerprint density at radius 2 is 1.86 bits per heavy atom. The summed E-state index contributed by atoms with van der Waals surface area (Å²) in [6.45, 7) is -0.0768. The molecule has 9 heteroatoms. The Kier molecular flexibility index (Phi) is 4.90. The maximum absolute atomic E-state index is 13.9. The molecule has 0 radical (unpaired) electrons. The summed E-state index contributed by atoms with van der Waals surface area (Å²) >= 11 is 0.